The van der Waals surface area contributed by atoms with Crippen LogP contribution in [0.1, 0.15) is 49.8 Å². The smallest absolute Gasteiger partial charge is 0.123 e. The maximum atomic E-state index is 13.1. The zero-order chi connectivity index (χ0) is 18.2. The summed E-state index contributed by atoms with van der Waals surface area (Å²) >= 11 is 0. The first kappa shape index (κ1) is 17.2. The van der Waals surface area contributed by atoms with Crippen molar-refractivity contribution in [1.82, 2.24) is 0 Å². The van der Waals surface area contributed by atoms with E-state index in [0.717, 1.165) is 17.5 Å². The number of rotatable bonds is 2. The minimum Gasteiger partial charge on any atom is -0.369 e. The van der Waals surface area contributed by atoms with Crippen LogP contribution in [0.5, 0.6) is 0 Å². The molecule has 0 unspecified atom stereocenters. The molecular weight excluding hydrogens is 311 g/mol. The van der Waals surface area contributed by atoms with E-state index in [4.69, 9.17) is 0 Å². The molecular formula is C22H23FN2. The van der Waals surface area contributed by atoms with E-state index in [0.29, 0.717) is 11.5 Å². The molecule has 0 N–H and O–H groups in total. The Labute approximate surface area is 149 Å². The predicted octanol–water partition coefficient (Wildman–Crippen LogP) is 5.61. The fourth-order valence-corrected chi connectivity index (χ4v) is 3.66. The first-order chi connectivity index (χ1) is 11.8. The topological polar surface area (TPSA) is 27.0 Å². The van der Waals surface area contributed by atoms with Gasteiger partial charge >= 0.3 is 0 Å². The Morgan fingerprint density at radius 3 is 2.56 bits per heavy atom. The van der Waals surface area contributed by atoms with E-state index in [9.17, 15) is 9.65 Å². The summed E-state index contributed by atoms with van der Waals surface area (Å²) in [7, 11) is 2.14. The molecule has 1 atom stereocenters. The predicted molar refractivity (Wildman–Crippen MR) is 102 cm³/mol. The molecule has 0 bridgehead atoms. The van der Waals surface area contributed by atoms with Crippen LogP contribution in [-0.4, -0.2) is 12.6 Å². The van der Waals surface area contributed by atoms with Crippen molar-refractivity contribution < 1.29 is 4.39 Å². The molecule has 2 aromatic rings. The third kappa shape index (κ3) is 3.30. The van der Waals surface area contributed by atoms with Gasteiger partial charge in [0.15, 0.2) is 0 Å². The van der Waals surface area contributed by atoms with E-state index in [1.165, 1.54) is 23.4 Å². The van der Waals surface area contributed by atoms with Crippen LogP contribution in [-0.2, 0) is 0 Å². The van der Waals surface area contributed by atoms with Crippen molar-refractivity contribution in [2.45, 2.75) is 38.6 Å². The van der Waals surface area contributed by atoms with Gasteiger partial charge in [-0.25, -0.2) is 4.39 Å². The summed E-state index contributed by atoms with van der Waals surface area (Å²) in [6.07, 6.45) is 2.97. The molecule has 0 saturated carbocycles. The molecule has 3 heteroatoms. The summed E-state index contributed by atoms with van der Waals surface area (Å²) in [6, 6.07) is 14.6. The van der Waals surface area contributed by atoms with Crippen molar-refractivity contribution in [2.75, 3.05) is 11.9 Å². The summed E-state index contributed by atoms with van der Waals surface area (Å²) in [5.74, 6) is 0.167. The van der Waals surface area contributed by atoms with Crippen LogP contribution in [0.25, 0.3) is 11.6 Å². The Morgan fingerprint density at radius 2 is 1.92 bits per heavy atom. The average molecular weight is 334 g/mol. The van der Waals surface area contributed by atoms with Crippen LogP contribution >= 0.6 is 0 Å². The zero-order valence-corrected chi connectivity index (χ0v) is 15.2. The number of hydrogen-bond donors (Lipinski definition) is 0. The summed E-state index contributed by atoms with van der Waals surface area (Å²) in [6.45, 7) is 6.79. The molecule has 1 aliphatic heterocycles. The Bertz CT molecular complexity index is 857. The van der Waals surface area contributed by atoms with Gasteiger partial charge in [-0.15, -0.1) is 0 Å². The summed E-state index contributed by atoms with van der Waals surface area (Å²) < 4.78 is 13.1. The van der Waals surface area contributed by atoms with Crippen LogP contribution in [0, 0.1) is 17.1 Å². The third-order valence-electron chi connectivity index (χ3n) is 5.24. The Balaban J connectivity index is 2.01. The molecule has 128 valence electrons. The highest BCUT2D eigenvalue weighted by molar-refractivity contribution is 5.90. The summed E-state index contributed by atoms with van der Waals surface area (Å²) in [5.41, 5.74) is 4.97. The highest BCUT2D eigenvalue weighted by Gasteiger charge is 2.33. The molecule has 2 nitrogen and oxygen atoms in total. The highest BCUT2D eigenvalue weighted by Crippen LogP contribution is 2.42. The van der Waals surface area contributed by atoms with Crippen molar-refractivity contribution in [3.05, 3.63) is 65.0 Å². The van der Waals surface area contributed by atoms with Gasteiger partial charge in [0, 0.05) is 18.3 Å². The summed E-state index contributed by atoms with van der Waals surface area (Å²) in [4.78, 5) is 2.33. The normalized spacial score (nSPS) is 19.3. The first-order valence-corrected chi connectivity index (χ1v) is 8.57. The molecule has 0 aromatic heterocycles. The SMILES string of the molecule is C[C@H]1CC(C)(C)N(C)c2ccc(/C=C(/C#N)c3ccc(F)cc3)cc21. The first-order valence-electron chi connectivity index (χ1n) is 8.57. The van der Waals surface area contributed by atoms with Gasteiger partial charge in [-0.3, -0.25) is 0 Å². The van der Waals surface area contributed by atoms with Gasteiger partial charge in [-0.2, -0.15) is 5.26 Å². The van der Waals surface area contributed by atoms with Crippen molar-refractivity contribution in [3.63, 3.8) is 0 Å². The Hall–Kier alpha value is -2.60. The molecule has 1 heterocycles. The lowest BCUT2D eigenvalue weighted by Gasteiger charge is -2.45. The lowest BCUT2D eigenvalue weighted by atomic mass is 9.80. The quantitative estimate of drug-likeness (QED) is 0.527. The van der Waals surface area contributed by atoms with Gasteiger partial charge in [0.05, 0.1) is 11.6 Å². The van der Waals surface area contributed by atoms with E-state index < -0.39 is 0 Å². The number of anilines is 1. The van der Waals surface area contributed by atoms with Gasteiger partial charge < -0.3 is 4.90 Å². The maximum Gasteiger partial charge on any atom is 0.123 e. The average Bonchev–Trinajstić information content (AvgIpc) is 2.58. The minimum absolute atomic E-state index is 0.135. The number of allylic oxidation sites excluding steroid dienone is 1. The molecule has 0 saturated heterocycles. The number of nitrogens with zero attached hydrogens (tertiary/aromatic N) is 2. The zero-order valence-electron chi connectivity index (χ0n) is 15.2. The van der Waals surface area contributed by atoms with Gasteiger partial charge in [0.25, 0.3) is 0 Å². The second-order valence-electron chi connectivity index (χ2n) is 7.47. The Kier molecular flexibility index (Phi) is 4.39. The number of fused-ring (bicyclic) bond motifs is 1. The third-order valence-corrected chi connectivity index (χ3v) is 5.24. The van der Waals surface area contributed by atoms with E-state index in [1.54, 1.807) is 12.1 Å². The van der Waals surface area contributed by atoms with E-state index in [2.05, 4.69) is 50.9 Å². The van der Waals surface area contributed by atoms with E-state index in [-0.39, 0.29) is 11.4 Å². The van der Waals surface area contributed by atoms with Gasteiger partial charge in [0.1, 0.15) is 5.82 Å². The number of nitriles is 1. The molecule has 0 fully saturated rings. The molecule has 2 aromatic carbocycles. The van der Waals surface area contributed by atoms with Crippen LogP contribution in [0.2, 0.25) is 0 Å². The molecule has 0 spiro atoms. The molecule has 1 aliphatic rings. The highest BCUT2D eigenvalue weighted by atomic mass is 19.1. The lowest BCUT2D eigenvalue weighted by molar-refractivity contribution is 0.395. The van der Waals surface area contributed by atoms with Crippen molar-refractivity contribution in [2.24, 2.45) is 0 Å². The molecule has 25 heavy (non-hydrogen) atoms. The minimum atomic E-state index is -0.297. The molecule has 0 radical (unpaired) electrons. The van der Waals surface area contributed by atoms with Gasteiger partial charge in [-0.1, -0.05) is 25.1 Å². The number of halogens is 1. The molecule has 0 amide bonds. The maximum absolute atomic E-state index is 13.1. The molecule has 3 rings (SSSR count). The number of hydrogen-bond acceptors (Lipinski definition) is 2. The van der Waals surface area contributed by atoms with E-state index >= 15 is 0 Å². The van der Waals surface area contributed by atoms with Crippen molar-refractivity contribution in [1.29, 1.82) is 5.26 Å². The van der Waals surface area contributed by atoms with Crippen LogP contribution in [0.4, 0.5) is 10.1 Å². The van der Waals surface area contributed by atoms with Crippen molar-refractivity contribution >= 4 is 17.3 Å². The van der Waals surface area contributed by atoms with Crippen LogP contribution in [0.15, 0.2) is 42.5 Å². The summed E-state index contributed by atoms with van der Waals surface area (Å²) in [5, 5.41) is 9.49. The monoisotopic (exact) mass is 334 g/mol. The second-order valence-corrected chi connectivity index (χ2v) is 7.47. The Morgan fingerprint density at radius 1 is 1.24 bits per heavy atom. The standard InChI is InChI=1S/C22H23FN2/c1-15-13-22(2,3)25(4)21-10-5-16(12-20(15)21)11-18(14-24)17-6-8-19(23)9-7-17/h5-12,15H,13H2,1-4H3/b18-11-/t15-/m0/s1. The fourth-order valence-electron chi connectivity index (χ4n) is 3.66. The van der Waals surface area contributed by atoms with Gasteiger partial charge in [-0.05, 0) is 73.2 Å². The van der Waals surface area contributed by atoms with Crippen molar-refractivity contribution in [3.8, 4) is 6.07 Å². The fraction of sp³-hybridized carbons (Fsp3) is 0.318. The molecule has 0 aliphatic carbocycles. The largest absolute Gasteiger partial charge is 0.369 e. The number of benzene rings is 2. The van der Waals surface area contributed by atoms with E-state index in [1.807, 2.05) is 12.1 Å². The second kappa shape index (κ2) is 6.37. The van der Waals surface area contributed by atoms with Crippen LogP contribution < -0.4 is 4.90 Å². The lowest BCUT2D eigenvalue weighted by Crippen LogP contribution is -2.45. The van der Waals surface area contributed by atoms with Gasteiger partial charge in [0.2, 0.25) is 0 Å². The van der Waals surface area contributed by atoms with Crippen LogP contribution in [0.3, 0.4) is 0 Å².